The van der Waals surface area contributed by atoms with Crippen molar-refractivity contribution < 1.29 is 9.47 Å². The Labute approximate surface area is 145 Å². The lowest BCUT2D eigenvalue weighted by Crippen LogP contribution is -2.25. The monoisotopic (exact) mass is 322 g/mol. The number of rotatable bonds is 6. The van der Waals surface area contributed by atoms with E-state index in [1.807, 2.05) is 6.08 Å². The summed E-state index contributed by atoms with van der Waals surface area (Å²) in [6.07, 6.45) is 5.04. The predicted molar refractivity (Wildman–Crippen MR) is 98.1 cm³/mol. The molecule has 0 N–H and O–H groups in total. The molecular formula is C22H26O2. The zero-order valence-electron chi connectivity index (χ0n) is 14.4. The van der Waals surface area contributed by atoms with Crippen LogP contribution in [0.5, 0.6) is 0 Å². The van der Waals surface area contributed by atoms with E-state index in [9.17, 15) is 0 Å². The van der Waals surface area contributed by atoms with E-state index >= 15 is 0 Å². The van der Waals surface area contributed by atoms with Gasteiger partial charge in [0.05, 0.1) is 13.2 Å². The molecule has 0 aliphatic carbocycles. The van der Waals surface area contributed by atoms with E-state index in [4.69, 9.17) is 9.47 Å². The first kappa shape index (κ1) is 16.9. The van der Waals surface area contributed by atoms with Crippen molar-refractivity contribution in [2.45, 2.75) is 38.4 Å². The molecule has 1 heterocycles. The third-order valence-electron chi connectivity index (χ3n) is 4.57. The summed E-state index contributed by atoms with van der Waals surface area (Å²) in [5.74, 6) is 0.319. The van der Waals surface area contributed by atoms with Crippen LogP contribution in [-0.2, 0) is 15.9 Å². The van der Waals surface area contributed by atoms with Crippen molar-refractivity contribution in [1.82, 2.24) is 0 Å². The Kier molecular flexibility index (Phi) is 5.84. The molecule has 1 aliphatic rings. The SMILES string of the molecule is C=CCCCc1ccc(C2OCC(c3ccc(C)cc3)CO2)cc1. The summed E-state index contributed by atoms with van der Waals surface area (Å²) in [6, 6.07) is 17.2. The molecule has 0 bridgehead atoms. The van der Waals surface area contributed by atoms with Gasteiger partial charge in [-0.3, -0.25) is 0 Å². The summed E-state index contributed by atoms with van der Waals surface area (Å²) in [4.78, 5) is 0. The van der Waals surface area contributed by atoms with Crippen molar-refractivity contribution in [2.75, 3.05) is 13.2 Å². The Balaban J connectivity index is 1.54. The Morgan fingerprint density at radius 1 is 0.958 bits per heavy atom. The van der Waals surface area contributed by atoms with Gasteiger partial charge in [-0.15, -0.1) is 6.58 Å². The maximum atomic E-state index is 5.96. The third-order valence-corrected chi connectivity index (χ3v) is 4.57. The number of unbranched alkanes of at least 4 members (excludes halogenated alkanes) is 1. The van der Waals surface area contributed by atoms with E-state index in [-0.39, 0.29) is 6.29 Å². The number of hydrogen-bond donors (Lipinski definition) is 0. The molecule has 0 aromatic heterocycles. The van der Waals surface area contributed by atoms with Gasteiger partial charge in [-0.25, -0.2) is 0 Å². The summed E-state index contributed by atoms with van der Waals surface area (Å²) >= 11 is 0. The van der Waals surface area contributed by atoms with Crippen LogP contribution in [0.1, 0.15) is 47.3 Å². The van der Waals surface area contributed by atoms with Crippen molar-refractivity contribution in [3.63, 3.8) is 0 Å². The van der Waals surface area contributed by atoms with Gasteiger partial charge in [0.25, 0.3) is 0 Å². The molecule has 2 aromatic rings. The second-order valence-corrected chi connectivity index (χ2v) is 6.53. The Hall–Kier alpha value is -1.90. The first-order valence-corrected chi connectivity index (χ1v) is 8.76. The van der Waals surface area contributed by atoms with Crippen LogP contribution in [0.25, 0.3) is 0 Å². The molecule has 1 saturated heterocycles. The molecule has 0 atom stereocenters. The summed E-state index contributed by atoms with van der Waals surface area (Å²) in [5, 5.41) is 0. The standard InChI is InChI=1S/C22H26O2/c1-3-4-5-6-18-9-13-20(14-10-18)22-23-15-21(16-24-22)19-11-7-17(2)8-12-19/h3,7-14,21-22H,1,4-6,15-16H2,2H3. The maximum absolute atomic E-state index is 5.96. The minimum atomic E-state index is -0.242. The highest BCUT2D eigenvalue weighted by molar-refractivity contribution is 5.26. The summed E-state index contributed by atoms with van der Waals surface area (Å²) in [6.45, 7) is 7.28. The van der Waals surface area contributed by atoms with Crippen molar-refractivity contribution in [3.8, 4) is 0 Å². The lowest BCUT2D eigenvalue weighted by atomic mass is 9.99. The molecule has 1 fully saturated rings. The summed E-state index contributed by atoms with van der Waals surface area (Å²) in [7, 11) is 0. The Morgan fingerprint density at radius 2 is 1.58 bits per heavy atom. The van der Waals surface area contributed by atoms with Gasteiger partial charge in [0, 0.05) is 11.5 Å². The van der Waals surface area contributed by atoms with Gasteiger partial charge in [0.2, 0.25) is 0 Å². The van der Waals surface area contributed by atoms with E-state index in [0.29, 0.717) is 19.1 Å². The number of benzene rings is 2. The molecule has 2 heteroatoms. The first-order valence-electron chi connectivity index (χ1n) is 8.76. The Morgan fingerprint density at radius 3 is 2.21 bits per heavy atom. The summed E-state index contributed by atoms with van der Waals surface area (Å²) < 4.78 is 11.9. The van der Waals surface area contributed by atoms with Gasteiger partial charge in [-0.05, 0) is 37.3 Å². The van der Waals surface area contributed by atoms with Crippen LogP contribution < -0.4 is 0 Å². The lowest BCUT2D eigenvalue weighted by molar-refractivity contribution is -0.191. The normalized spacial score (nSPS) is 20.7. The second kappa shape index (κ2) is 8.27. The van der Waals surface area contributed by atoms with Crippen molar-refractivity contribution >= 4 is 0 Å². The minimum Gasteiger partial charge on any atom is -0.348 e. The minimum absolute atomic E-state index is 0.242. The smallest absolute Gasteiger partial charge is 0.183 e. The quantitative estimate of drug-likeness (QED) is 0.528. The number of ether oxygens (including phenoxy) is 2. The topological polar surface area (TPSA) is 18.5 Å². The highest BCUT2D eigenvalue weighted by atomic mass is 16.7. The lowest BCUT2D eigenvalue weighted by Gasteiger charge is -2.30. The highest BCUT2D eigenvalue weighted by Gasteiger charge is 2.24. The van der Waals surface area contributed by atoms with E-state index < -0.39 is 0 Å². The highest BCUT2D eigenvalue weighted by Crippen LogP contribution is 2.30. The second-order valence-electron chi connectivity index (χ2n) is 6.53. The fourth-order valence-electron chi connectivity index (χ4n) is 3.02. The van der Waals surface area contributed by atoms with Gasteiger partial charge < -0.3 is 9.47 Å². The van der Waals surface area contributed by atoms with E-state index in [1.165, 1.54) is 16.7 Å². The number of aryl methyl sites for hydroxylation is 2. The maximum Gasteiger partial charge on any atom is 0.183 e. The number of allylic oxidation sites excluding steroid dienone is 1. The fourth-order valence-corrected chi connectivity index (χ4v) is 3.02. The van der Waals surface area contributed by atoms with Crippen LogP contribution in [0.3, 0.4) is 0 Å². The van der Waals surface area contributed by atoms with Crippen LogP contribution in [0.2, 0.25) is 0 Å². The molecule has 3 rings (SSSR count). The molecular weight excluding hydrogens is 296 g/mol. The molecule has 0 unspecified atom stereocenters. The molecule has 24 heavy (non-hydrogen) atoms. The molecule has 2 nitrogen and oxygen atoms in total. The van der Waals surface area contributed by atoms with Crippen LogP contribution in [-0.4, -0.2) is 13.2 Å². The first-order chi connectivity index (χ1) is 11.8. The van der Waals surface area contributed by atoms with E-state index in [0.717, 1.165) is 24.8 Å². The molecule has 0 saturated carbocycles. The number of hydrogen-bond acceptors (Lipinski definition) is 2. The zero-order chi connectivity index (χ0) is 16.8. The third kappa shape index (κ3) is 4.34. The fraction of sp³-hybridized carbons (Fsp3) is 0.364. The van der Waals surface area contributed by atoms with E-state index in [2.05, 4.69) is 62.0 Å². The zero-order valence-corrected chi connectivity index (χ0v) is 14.4. The van der Waals surface area contributed by atoms with Crippen molar-refractivity contribution in [1.29, 1.82) is 0 Å². The molecule has 2 aromatic carbocycles. The molecule has 1 aliphatic heterocycles. The van der Waals surface area contributed by atoms with Crippen LogP contribution in [0.15, 0.2) is 61.2 Å². The average molecular weight is 322 g/mol. The van der Waals surface area contributed by atoms with Crippen molar-refractivity contribution in [2.24, 2.45) is 0 Å². The van der Waals surface area contributed by atoms with Crippen LogP contribution in [0, 0.1) is 6.92 Å². The van der Waals surface area contributed by atoms with Crippen molar-refractivity contribution in [3.05, 3.63) is 83.4 Å². The van der Waals surface area contributed by atoms with Crippen LogP contribution in [0.4, 0.5) is 0 Å². The largest absolute Gasteiger partial charge is 0.348 e. The van der Waals surface area contributed by atoms with Gasteiger partial charge in [-0.1, -0.05) is 60.2 Å². The predicted octanol–water partition coefficient (Wildman–Crippen LogP) is 5.33. The molecule has 126 valence electrons. The average Bonchev–Trinajstić information content (AvgIpc) is 2.63. The molecule has 0 spiro atoms. The molecule has 0 radical (unpaired) electrons. The van der Waals surface area contributed by atoms with Gasteiger partial charge in [-0.2, -0.15) is 0 Å². The summed E-state index contributed by atoms with van der Waals surface area (Å²) in [5.41, 5.74) is 5.03. The van der Waals surface area contributed by atoms with E-state index in [1.54, 1.807) is 0 Å². The van der Waals surface area contributed by atoms with Gasteiger partial charge in [0.15, 0.2) is 6.29 Å². The molecule has 0 amide bonds. The van der Waals surface area contributed by atoms with Crippen LogP contribution >= 0.6 is 0 Å². The Bertz CT molecular complexity index is 635. The van der Waals surface area contributed by atoms with Gasteiger partial charge >= 0.3 is 0 Å². The van der Waals surface area contributed by atoms with Gasteiger partial charge in [0.1, 0.15) is 0 Å².